The number of ketones is 1. The van der Waals surface area contributed by atoms with Crippen LogP contribution in [0.4, 0.5) is 0 Å². The summed E-state index contributed by atoms with van der Waals surface area (Å²) in [6.07, 6.45) is 0.822. The van der Waals surface area contributed by atoms with E-state index in [0.717, 1.165) is 23.1 Å². The number of nitrogens with one attached hydrogen (secondary N) is 1. The van der Waals surface area contributed by atoms with E-state index < -0.39 is 0 Å². The maximum Gasteiger partial charge on any atom is 0.180 e. The Labute approximate surface area is 98.1 Å². The molecule has 1 atom stereocenters. The van der Waals surface area contributed by atoms with Crippen LogP contribution in [0.1, 0.15) is 40.4 Å². The van der Waals surface area contributed by atoms with Gasteiger partial charge in [-0.25, -0.2) is 0 Å². The predicted molar refractivity (Wildman–Crippen MR) is 68.1 cm³/mol. The van der Waals surface area contributed by atoms with Crippen molar-refractivity contribution in [2.45, 2.75) is 40.2 Å². The number of aryl methyl sites for hydroxylation is 3. The Morgan fingerprint density at radius 3 is 2.12 bits per heavy atom. The molecule has 0 radical (unpaired) electrons. The van der Waals surface area contributed by atoms with Gasteiger partial charge in [-0.2, -0.15) is 0 Å². The molecule has 1 aromatic rings. The van der Waals surface area contributed by atoms with Crippen LogP contribution in [0.2, 0.25) is 0 Å². The maximum absolute atomic E-state index is 12.3. The quantitative estimate of drug-likeness (QED) is 0.789. The van der Waals surface area contributed by atoms with Crippen LogP contribution in [0, 0.1) is 20.8 Å². The van der Waals surface area contributed by atoms with Crippen LogP contribution >= 0.6 is 0 Å². The third-order valence-corrected chi connectivity index (χ3v) is 3.00. The number of Topliss-reactive ketones (excluding diaryl/α,β-unsaturated/α-hetero) is 1. The fourth-order valence-electron chi connectivity index (χ4n) is 2.26. The zero-order valence-corrected chi connectivity index (χ0v) is 10.8. The Hall–Kier alpha value is -1.15. The van der Waals surface area contributed by atoms with Crippen molar-refractivity contribution in [2.75, 3.05) is 7.05 Å². The van der Waals surface area contributed by atoms with Crippen LogP contribution in [-0.4, -0.2) is 18.9 Å². The van der Waals surface area contributed by atoms with Crippen molar-refractivity contribution in [3.05, 3.63) is 34.4 Å². The Morgan fingerprint density at radius 1 is 1.25 bits per heavy atom. The van der Waals surface area contributed by atoms with E-state index in [-0.39, 0.29) is 11.8 Å². The lowest BCUT2D eigenvalue weighted by atomic mass is 9.92. The second-order valence-electron chi connectivity index (χ2n) is 4.39. The largest absolute Gasteiger partial charge is 0.310 e. The van der Waals surface area contributed by atoms with Gasteiger partial charge in [0, 0.05) is 5.56 Å². The van der Waals surface area contributed by atoms with Gasteiger partial charge in [0.05, 0.1) is 6.04 Å². The molecular weight excluding hydrogens is 198 g/mol. The van der Waals surface area contributed by atoms with E-state index in [1.54, 1.807) is 0 Å². The van der Waals surface area contributed by atoms with Crippen molar-refractivity contribution in [1.82, 2.24) is 5.32 Å². The second-order valence-corrected chi connectivity index (χ2v) is 4.39. The maximum atomic E-state index is 12.3. The monoisotopic (exact) mass is 219 g/mol. The third-order valence-electron chi connectivity index (χ3n) is 3.00. The lowest BCUT2D eigenvalue weighted by Crippen LogP contribution is -2.34. The van der Waals surface area contributed by atoms with Gasteiger partial charge in [0.1, 0.15) is 0 Å². The van der Waals surface area contributed by atoms with E-state index in [0.29, 0.717) is 0 Å². The molecule has 88 valence electrons. The van der Waals surface area contributed by atoms with Gasteiger partial charge in [-0.05, 0) is 45.4 Å². The molecule has 1 aromatic carbocycles. The first kappa shape index (κ1) is 12.9. The highest BCUT2D eigenvalue weighted by Crippen LogP contribution is 2.18. The Bertz CT molecular complexity index is 369. The van der Waals surface area contributed by atoms with E-state index in [9.17, 15) is 4.79 Å². The summed E-state index contributed by atoms with van der Waals surface area (Å²) in [5, 5.41) is 3.07. The minimum absolute atomic E-state index is 0.0693. The van der Waals surface area contributed by atoms with Crippen molar-refractivity contribution in [3.8, 4) is 0 Å². The topological polar surface area (TPSA) is 29.1 Å². The number of likely N-dealkylation sites (N-methyl/N-ethyl adjacent to an activating group) is 1. The summed E-state index contributed by atoms with van der Waals surface area (Å²) < 4.78 is 0. The Kier molecular flexibility index (Phi) is 4.25. The second kappa shape index (κ2) is 5.26. The van der Waals surface area contributed by atoms with E-state index >= 15 is 0 Å². The SMILES string of the molecule is CCC(NC)C(=O)c1c(C)cc(C)cc1C. The first-order chi connectivity index (χ1) is 7.51. The molecule has 1 rings (SSSR count). The summed E-state index contributed by atoms with van der Waals surface area (Å²) in [5.74, 6) is 0.208. The van der Waals surface area contributed by atoms with Crippen LogP contribution in [0.3, 0.4) is 0 Å². The molecule has 0 spiro atoms. The van der Waals surface area contributed by atoms with Gasteiger partial charge in [0.25, 0.3) is 0 Å². The lowest BCUT2D eigenvalue weighted by molar-refractivity contribution is 0.0943. The minimum atomic E-state index is -0.0693. The number of rotatable bonds is 4. The standard InChI is InChI=1S/C14H21NO/c1-6-12(15-5)14(16)13-10(3)7-9(2)8-11(13)4/h7-8,12,15H,6H2,1-5H3. The smallest absolute Gasteiger partial charge is 0.180 e. The summed E-state index contributed by atoms with van der Waals surface area (Å²) in [5.41, 5.74) is 4.25. The number of carbonyl (C=O) groups is 1. The molecule has 16 heavy (non-hydrogen) atoms. The average molecular weight is 219 g/mol. The molecule has 0 aliphatic heterocycles. The van der Waals surface area contributed by atoms with E-state index in [2.05, 4.69) is 24.4 Å². The van der Waals surface area contributed by atoms with Gasteiger partial charge in [0.15, 0.2) is 5.78 Å². The summed E-state index contributed by atoms with van der Waals surface area (Å²) >= 11 is 0. The molecule has 0 aromatic heterocycles. The van der Waals surface area contributed by atoms with Gasteiger partial charge >= 0.3 is 0 Å². The van der Waals surface area contributed by atoms with Gasteiger partial charge in [-0.15, -0.1) is 0 Å². The van der Waals surface area contributed by atoms with E-state index in [1.165, 1.54) is 5.56 Å². The lowest BCUT2D eigenvalue weighted by Gasteiger charge is -2.16. The van der Waals surface area contributed by atoms with Crippen LogP contribution < -0.4 is 5.32 Å². The van der Waals surface area contributed by atoms with Crippen molar-refractivity contribution >= 4 is 5.78 Å². The summed E-state index contributed by atoms with van der Waals surface area (Å²) in [6, 6.07) is 4.07. The fraction of sp³-hybridized carbons (Fsp3) is 0.500. The molecule has 0 amide bonds. The van der Waals surface area contributed by atoms with Gasteiger partial charge < -0.3 is 5.32 Å². The normalized spacial score (nSPS) is 12.6. The van der Waals surface area contributed by atoms with Crippen molar-refractivity contribution in [3.63, 3.8) is 0 Å². The Balaban J connectivity index is 3.18. The first-order valence-electron chi connectivity index (χ1n) is 5.80. The number of benzene rings is 1. The summed E-state index contributed by atoms with van der Waals surface area (Å²) in [7, 11) is 1.84. The number of hydrogen-bond donors (Lipinski definition) is 1. The number of carbonyl (C=O) groups excluding carboxylic acids is 1. The molecule has 2 nitrogen and oxygen atoms in total. The fourth-order valence-corrected chi connectivity index (χ4v) is 2.26. The van der Waals surface area contributed by atoms with Gasteiger partial charge in [0.2, 0.25) is 0 Å². The third kappa shape index (κ3) is 2.50. The molecule has 0 fully saturated rings. The van der Waals surface area contributed by atoms with E-state index in [4.69, 9.17) is 0 Å². The average Bonchev–Trinajstić information content (AvgIpc) is 2.17. The molecule has 1 unspecified atom stereocenters. The van der Waals surface area contributed by atoms with Gasteiger partial charge in [-0.3, -0.25) is 4.79 Å². The van der Waals surface area contributed by atoms with Crippen LogP contribution in [-0.2, 0) is 0 Å². The Morgan fingerprint density at radius 2 is 1.75 bits per heavy atom. The predicted octanol–water partition coefficient (Wildman–Crippen LogP) is 2.79. The summed E-state index contributed by atoms with van der Waals surface area (Å²) in [4.78, 5) is 12.3. The van der Waals surface area contributed by atoms with Crippen LogP contribution in [0.25, 0.3) is 0 Å². The molecule has 0 aliphatic rings. The van der Waals surface area contributed by atoms with E-state index in [1.807, 2.05) is 27.8 Å². The highest BCUT2D eigenvalue weighted by atomic mass is 16.1. The van der Waals surface area contributed by atoms with Gasteiger partial charge in [-0.1, -0.05) is 24.6 Å². The molecule has 1 N–H and O–H groups in total. The molecular formula is C14H21NO. The minimum Gasteiger partial charge on any atom is -0.310 e. The molecule has 0 aliphatic carbocycles. The van der Waals surface area contributed by atoms with Crippen molar-refractivity contribution in [2.24, 2.45) is 0 Å². The zero-order chi connectivity index (χ0) is 12.3. The van der Waals surface area contributed by atoms with Crippen molar-refractivity contribution < 1.29 is 4.79 Å². The molecule has 0 bridgehead atoms. The van der Waals surface area contributed by atoms with Crippen molar-refractivity contribution in [1.29, 1.82) is 0 Å². The number of hydrogen-bond acceptors (Lipinski definition) is 2. The summed E-state index contributed by atoms with van der Waals surface area (Å²) in [6.45, 7) is 8.10. The molecule has 0 saturated carbocycles. The first-order valence-corrected chi connectivity index (χ1v) is 5.80. The zero-order valence-electron chi connectivity index (χ0n) is 10.8. The van der Waals surface area contributed by atoms with Crippen LogP contribution in [0.5, 0.6) is 0 Å². The molecule has 0 heterocycles. The highest BCUT2D eigenvalue weighted by molar-refractivity contribution is 6.02. The molecule has 0 saturated heterocycles. The van der Waals surface area contributed by atoms with Crippen LogP contribution in [0.15, 0.2) is 12.1 Å². The highest BCUT2D eigenvalue weighted by Gasteiger charge is 2.19. The molecule has 2 heteroatoms.